The van der Waals surface area contributed by atoms with E-state index in [-0.39, 0.29) is 0 Å². The molecule has 5 nitrogen and oxygen atoms in total. The predicted octanol–water partition coefficient (Wildman–Crippen LogP) is 0.897. The third-order valence-electron chi connectivity index (χ3n) is 1.67. The van der Waals surface area contributed by atoms with E-state index in [0.29, 0.717) is 0 Å². The molecule has 0 amide bonds. The number of anilines is 2. The molecule has 0 saturated carbocycles. The Morgan fingerprint density at radius 3 is 1.77 bits per heavy atom. The Balaban J connectivity index is 2.14. The summed E-state index contributed by atoms with van der Waals surface area (Å²) in [7, 11) is 3.85. The Morgan fingerprint density at radius 1 is 1.00 bits per heavy atom. The molecule has 0 atom stereocenters. The third-order valence-corrected chi connectivity index (χ3v) is 1.67. The molecule has 2 heterocycles. The van der Waals surface area contributed by atoms with E-state index >= 15 is 0 Å². The lowest BCUT2D eigenvalue weighted by atomic mass is 10.6. The first kappa shape index (κ1) is 7.85. The lowest BCUT2D eigenvalue weighted by Gasteiger charge is -1.95. The molecule has 0 aliphatic rings. The van der Waals surface area contributed by atoms with Crippen molar-refractivity contribution >= 4 is 11.6 Å². The summed E-state index contributed by atoms with van der Waals surface area (Å²) in [6.45, 7) is 0. The summed E-state index contributed by atoms with van der Waals surface area (Å²) in [6.07, 6.45) is 7.28. The fraction of sp³-hybridized carbons (Fsp3) is 0.250. The van der Waals surface area contributed by atoms with Gasteiger partial charge in [-0.1, -0.05) is 0 Å². The Hall–Kier alpha value is -1.78. The van der Waals surface area contributed by atoms with Gasteiger partial charge in [0, 0.05) is 26.5 Å². The maximum absolute atomic E-state index is 4.12. The smallest absolute Gasteiger partial charge is 0.149 e. The maximum atomic E-state index is 4.12. The SMILES string of the molecule is Cn1cnc(Nc2cn(C)cn2)c1. The Bertz CT molecular complexity index is 362. The molecule has 2 aromatic heterocycles. The number of rotatable bonds is 2. The van der Waals surface area contributed by atoms with Crippen LogP contribution in [0.3, 0.4) is 0 Å². The highest BCUT2D eigenvalue weighted by Crippen LogP contribution is 2.10. The van der Waals surface area contributed by atoms with E-state index < -0.39 is 0 Å². The molecule has 2 rings (SSSR count). The number of hydrogen-bond donors (Lipinski definition) is 1. The van der Waals surface area contributed by atoms with Crippen LogP contribution in [0.25, 0.3) is 0 Å². The molecule has 0 spiro atoms. The van der Waals surface area contributed by atoms with Gasteiger partial charge in [0.15, 0.2) is 0 Å². The van der Waals surface area contributed by atoms with Crippen LogP contribution in [0, 0.1) is 0 Å². The molecule has 0 unspecified atom stereocenters. The van der Waals surface area contributed by atoms with Crippen LogP contribution < -0.4 is 5.32 Å². The molecular formula is C8H11N5. The van der Waals surface area contributed by atoms with Crippen LogP contribution in [-0.4, -0.2) is 19.1 Å². The zero-order valence-electron chi connectivity index (χ0n) is 7.60. The maximum Gasteiger partial charge on any atom is 0.149 e. The third kappa shape index (κ3) is 1.69. The van der Waals surface area contributed by atoms with Crippen LogP contribution in [0.4, 0.5) is 11.6 Å². The summed E-state index contributed by atoms with van der Waals surface area (Å²) in [5.74, 6) is 1.61. The van der Waals surface area contributed by atoms with Gasteiger partial charge in [0.05, 0.1) is 12.7 Å². The number of imidazole rings is 2. The molecule has 2 aromatic rings. The van der Waals surface area contributed by atoms with E-state index in [2.05, 4.69) is 15.3 Å². The van der Waals surface area contributed by atoms with Crippen molar-refractivity contribution in [2.24, 2.45) is 14.1 Å². The number of aryl methyl sites for hydroxylation is 2. The lowest BCUT2D eigenvalue weighted by molar-refractivity contribution is 0.913. The van der Waals surface area contributed by atoms with Gasteiger partial charge < -0.3 is 14.5 Å². The first-order valence-corrected chi connectivity index (χ1v) is 3.97. The van der Waals surface area contributed by atoms with Crippen molar-refractivity contribution in [2.45, 2.75) is 0 Å². The number of nitrogens with zero attached hydrogens (tertiary/aromatic N) is 4. The standard InChI is InChI=1S/C8H11N5/c1-12-3-7(9-5-12)11-8-4-13(2)6-10-8/h3-6,11H,1-2H3. The molecule has 0 aliphatic carbocycles. The minimum absolute atomic E-state index is 0.807. The summed E-state index contributed by atoms with van der Waals surface area (Å²) < 4.78 is 3.76. The summed E-state index contributed by atoms with van der Waals surface area (Å²) in [6, 6.07) is 0. The van der Waals surface area contributed by atoms with Gasteiger partial charge >= 0.3 is 0 Å². The molecule has 0 bridgehead atoms. The Kier molecular flexibility index (Phi) is 1.77. The minimum atomic E-state index is 0.807. The Labute approximate surface area is 76.0 Å². The first-order valence-electron chi connectivity index (χ1n) is 3.97. The predicted molar refractivity (Wildman–Crippen MR) is 49.7 cm³/mol. The second kappa shape index (κ2) is 2.93. The van der Waals surface area contributed by atoms with Gasteiger partial charge in [-0.15, -0.1) is 0 Å². The van der Waals surface area contributed by atoms with E-state index in [1.807, 2.05) is 35.6 Å². The highest BCUT2D eigenvalue weighted by atomic mass is 15.2. The van der Waals surface area contributed by atoms with Crippen molar-refractivity contribution in [1.29, 1.82) is 0 Å². The van der Waals surface area contributed by atoms with Gasteiger partial charge in [0.1, 0.15) is 11.6 Å². The van der Waals surface area contributed by atoms with Crippen molar-refractivity contribution < 1.29 is 0 Å². The first-order chi connectivity index (χ1) is 6.24. The lowest BCUT2D eigenvalue weighted by Crippen LogP contribution is -1.89. The van der Waals surface area contributed by atoms with Crippen molar-refractivity contribution in [3.05, 3.63) is 25.0 Å². The number of hydrogen-bond acceptors (Lipinski definition) is 3. The molecule has 0 saturated heterocycles. The fourth-order valence-electron chi connectivity index (χ4n) is 1.09. The highest BCUT2D eigenvalue weighted by molar-refractivity contribution is 5.49. The molecular weight excluding hydrogens is 166 g/mol. The average molecular weight is 177 g/mol. The van der Waals surface area contributed by atoms with E-state index in [1.54, 1.807) is 12.7 Å². The molecule has 68 valence electrons. The van der Waals surface area contributed by atoms with E-state index in [4.69, 9.17) is 0 Å². The largest absolute Gasteiger partial charge is 0.338 e. The molecule has 0 aromatic carbocycles. The van der Waals surface area contributed by atoms with Gasteiger partial charge in [0.25, 0.3) is 0 Å². The molecule has 0 aliphatic heterocycles. The van der Waals surface area contributed by atoms with Crippen molar-refractivity contribution in [3.63, 3.8) is 0 Å². The highest BCUT2D eigenvalue weighted by Gasteiger charge is 1.98. The normalized spacial score (nSPS) is 10.3. The topological polar surface area (TPSA) is 47.7 Å². The molecule has 5 heteroatoms. The van der Waals surface area contributed by atoms with Crippen molar-refractivity contribution in [1.82, 2.24) is 19.1 Å². The summed E-state index contributed by atoms with van der Waals surface area (Å²) in [4.78, 5) is 8.25. The molecule has 0 fully saturated rings. The van der Waals surface area contributed by atoms with Gasteiger partial charge in [-0.05, 0) is 0 Å². The van der Waals surface area contributed by atoms with E-state index in [9.17, 15) is 0 Å². The summed E-state index contributed by atoms with van der Waals surface area (Å²) in [5.41, 5.74) is 0. The van der Waals surface area contributed by atoms with Crippen LogP contribution in [0.5, 0.6) is 0 Å². The van der Waals surface area contributed by atoms with E-state index in [0.717, 1.165) is 11.6 Å². The second-order valence-electron chi connectivity index (χ2n) is 2.97. The van der Waals surface area contributed by atoms with Crippen LogP contribution in [-0.2, 0) is 14.1 Å². The number of aromatic nitrogens is 4. The van der Waals surface area contributed by atoms with Crippen molar-refractivity contribution in [2.75, 3.05) is 5.32 Å². The molecule has 1 N–H and O–H groups in total. The van der Waals surface area contributed by atoms with Gasteiger partial charge in [-0.2, -0.15) is 0 Å². The van der Waals surface area contributed by atoms with Crippen LogP contribution in [0.2, 0.25) is 0 Å². The van der Waals surface area contributed by atoms with Gasteiger partial charge in [-0.3, -0.25) is 0 Å². The fourth-order valence-corrected chi connectivity index (χ4v) is 1.09. The summed E-state index contributed by atoms with van der Waals surface area (Å²) in [5, 5.41) is 3.08. The molecule has 13 heavy (non-hydrogen) atoms. The summed E-state index contributed by atoms with van der Waals surface area (Å²) >= 11 is 0. The monoisotopic (exact) mass is 177 g/mol. The van der Waals surface area contributed by atoms with Crippen molar-refractivity contribution in [3.8, 4) is 0 Å². The molecule has 0 radical (unpaired) electrons. The zero-order chi connectivity index (χ0) is 9.26. The quantitative estimate of drug-likeness (QED) is 0.741. The zero-order valence-corrected chi connectivity index (χ0v) is 7.60. The van der Waals surface area contributed by atoms with Gasteiger partial charge in [-0.25, -0.2) is 9.97 Å². The van der Waals surface area contributed by atoms with Crippen LogP contribution in [0.15, 0.2) is 25.0 Å². The minimum Gasteiger partial charge on any atom is -0.338 e. The van der Waals surface area contributed by atoms with Crippen LogP contribution >= 0.6 is 0 Å². The Morgan fingerprint density at radius 2 is 1.46 bits per heavy atom. The average Bonchev–Trinajstić information content (AvgIpc) is 2.62. The second-order valence-corrected chi connectivity index (χ2v) is 2.97. The van der Waals surface area contributed by atoms with Gasteiger partial charge in [0.2, 0.25) is 0 Å². The van der Waals surface area contributed by atoms with Crippen LogP contribution in [0.1, 0.15) is 0 Å². The van der Waals surface area contributed by atoms with E-state index in [1.165, 1.54) is 0 Å². The number of nitrogens with one attached hydrogen (secondary N) is 1.